The van der Waals surface area contributed by atoms with Crippen molar-refractivity contribution in [3.05, 3.63) is 59.9 Å². The number of hydrogen-bond acceptors (Lipinski definition) is 3. The van der Waals surface area contributed by atoms with Gasteiger partial charge in [0.25, 0.3) is 0 Å². The average molecular weight is 242 g/mol. The van der Waals surface area contributed by atoms with Crippen LogP contribution in [0.4, 0.5) is 0 Å². The van der Waals surface area contributed by atoms with E-state index in [1.807, 2.05) is 41.2 Å². The molecule has 0 spiro atoms. The number of nitrogens with zero attached hydrogens (tertiary/aromatic N) is 2. The first-order valence-electron chi connectivity index (χ1n) is 5.61. The van der Waals surface area contributed by atoms with Gasteiger partial charge in [0.2, 0.25) is 0 Å². The first kappa shape index (κ1) is 12.1. The molecule has 0 unspecified atom stereocenters. The van der Waals surface area contributed by atoms with Crippen LogP contribution in [0.2, 0.25) is 0 Å². The third-order valence-electron chi connectivity index (χ3n) is 2.55. The van der Waals surface area contributed by atoms with Crippen molar-refractivity contribution in [2.75, 3.05) is 7.11 Å². The first-order valence-corrected chi connectivity index (χ1v) is 5.61. The van der Waals surface area contributed by atoms with Crippen molar-refractivity contribution < 1.29 is 9.53 Å². The highest BCUT2D eigenvalue weighted by atomic mass is 16.5. The minimum Gasteiger partial charge on any atom is -0.466 e. The van der Waals surface area contributed by atoms with Gasteiger partial charge in [-0.1, -0.05) is 24.3 Å². The number of aromatic nitrogens is 2. The summed E-state index contributed by atoms with van der Waals surface area (Å²) in [6.45, 7) is 0.675. The summed E-state index contributed by atoms with van der Waals surface area (Å²) in [7, 11) is 1.36. The molecule has 0 N–H and O–H groups in total. The molecule has 0 saturated carbocycles. The Kier molecular flexibility index (Phi) is 3.91. The van der Waals surface area contributed by atoms with Crippen LogP contribution in [-0.2, 0) is 16.1 Å². The SMILES string of the molecule is COC(=O)/C=C/c1ccccc1Cn1cccn1. The van der Waals surface area contributed by atoms with Crippen LogP contribution in [0.1, 0.15) is 11.1 Å². The van der Waals surface area contributed by atoms with Crippen molar-refractivity contribution in [2.45, 2.75) is 6.54 Å². The summed E-state index contributed by atoms with van der Waals surface area (Å²) < 4.78 is 6.41. The molecule has 0 saturated heterocycles. The largest absolute Gasteiger partial charge is 0.466 e. The molecule has 1 aromatic carbocycles. The smallest absolute Gasteiger partial charge is 0.330 e. The maximum Gasteiger partial charge on any atom is 0.330 e. The average Bonchev–Trinajstić information content (AvgIpc) is 2.90. The molecule has 0 radical (unpaired) electrons. The van der Waals surface area contributed by atoms with E-state index in [9.17, 15) is 4.79 Å². The van der Waals surface area contributed by atoms with Crippen LogP contribution in [0.3, 0.4) is 0 Å². The molecule has 18 heavy (non-hydrogen) atoms. The Hall–Kier alpha value is -2.36. The fourth-order valence-corrected chi connectivity index (χ4v) is 1.64. The van der Waals surface area contributed by atoms with Crippen LogP contribution >= 0.6 is 0 Å². The van der Waals surface area contributed by atoms with Gasteiger partial charge in [0.05, 0.1) is 13.7 Å². The van der Waals surface area contributed by atoms with Crippen molar-refractivity contribution in [3.63, 3.8) is 0 Å². The van der Waals surface area contributed by atoms with Gasteiger partial charge >= 0.3 is 5.97 Å². The van der Waals surface area contributed by atoms with E-state index in [2.05, 4.69) is 9.84 Å². The Morgan fingerprint density at radius 2 is 2.22 bits per heavy atom. The monoisotopic (exact) mass is 242 g/mol. The van der Waals surface area contributed by atoms with Crippen LogP contribution in [0.25, 0.3) is 6.08 Å². The fraction of sp³-hybridized carbons (Fsp3) is 0.143. The Bertz CT molecular complexity index is 545. The van der Waals surface area contributed by atoms with Crippen LogP contribution in [-0.4, -0.2) is 22.9 Å². The van der Waals surface area contributed by atoms with Gasteiger partial charge in [-0.15, -0.1) is 0 Å². The number of carbonyl (C=O) groups is 1. The van der Waals surface area contributed by atoms with Gasteiger partial charge in [-0.25, -0.2) is 4.79 Å². The quantitative estimate of drug-likeness (QED) is 0.609. The zero-order valence-electron chi connectivity index (χ0n) is 10.1. The molecule has 0 aliphatic rings. The minimum atomic E-state index is -0.358. The number of esters is 1. The van der Waals surface area contributed by atoms with Crippen LogP contribution < -0.4 is 0 Å². The van der Waals surface area contributed by atoms with E-state index in [1.54, 1.807) is 12.3 Å². The zero-order valence-corrected chi connectivity index (χ0v) is 10.1. The minimum absolute atomic E-state index is 0.358. The molecule has 2 aromatic rings. The highest BCUT2D eigenvalue weighted by molar-refractivity contribution is 5.87. The topological polar surface area (TPSA) is 44.1 Å². The van der Waals surface area contributed by atoms with Crippen molar-refractivity contribution in [3.8, 4) is 0 Å². The van der Waals surface area contributed by atoms with Gasteiger partial charge < -0.3 is 4.74 Å². The molecule has 4 nitrogen and oxygen atoms in total. The van der Waals surface area contributed by atoms with E-state index in [0.29, 0.717) is 6.54 Å². The van der Waals surface area contributed by atoms with Crippen molar-refractivity contribution in [1.82, 2.24) is 9.78 Å². The summed E-state index contributed by atoms with van der Waals surface area (Å²) in [5, 5.41) is 4.16. The molecule has 0 aliphatic heterocycles. The van der Waals surface area contributed by atoms with Gasteiger partial charge in [0.15, 0.2) is 0 Å². The Labute approximate surface area is 106 Å². The highest BCUT2D eigenvalue weighted by Crippen LogP contribution is 2.12. The van der Waals surface area contributed by atoms with Crippen LogP contribution in [0, 0.1) is 0 Å². The lowest BCUT2D eigenvalue weighted by Crippen LogP contribution is -2.01. The Morgan fingerprint density at radius 3 is 2.94 bits per heavy atom. The summed E-state index contributed by atoms with van der Waals surface area (Å²) in [5.74, 6) is -0.358. The van der Waals surface area contributed by atoms with Gasteiger partial charge in [-0.2, -0.15) is 5.10 Å². The molecule has 2 rings (SSSR count). The van der Waals surface area contributed by atoms with Crippen molar-refractivity contribution in [1.29, 1.82) is 0 Å². The molecular formula is C14H14N2O2. The van der Waals surface area contributed by atoms with Crippen molar-refractivity contribution >= 4 is 12.0 Å². The first-order chi connectivity index (χ1) is 8.79. The predicted octanol–water partition coefficient (Wildman–Crippen LogP) is 2.12. The summed E-state index contributed by atoms with van der Waals surface area (Å²) in [4.78, 5) is 11.1. The van der Waals surface area contributed by atoms with Gasteiger partial charge in [0.1, 0.15) is 0 Å². The second kappa shape index (κ2) is 5.82. The van der Waals surface area contributed by atoms with E-state index in [4.69, 9.17) is 0 Å². The fourth-order valence-electron chi connectivity index (χ4n) is 1.64. The molecular weight excluding hydrogens is 228 g/mol. The third kappa shape index (κ3) is 3.07. The molecule has 92 valence electrons. The lowest BCUT2D eigenvalue weighted by atomic mass is 10.1. The molecule has 1 heterocycles. The van der Waals surface area contributed by atoms with Gasteiger partial charge in [0, 0.05) is 18.5 Å². The zero-order chi connectivity index (χ0) is 12.8. The molecule has 0 fully saturated rings. The third-order valence-corrected chi connectivity index (χ3v) is 2.55. The van der Waals surface area contributed by atoms with E-state index in [-0.39, 0.29) is 5.97 Å². The number of carbonyl (C=O) groups excluding carboxylic acids is 1. The standard InChI is InChI=1S/C14H14N2O2/c1-18-14(17)8-7-12-5-2-3-6-13(12)11-16-10-4-9-15-16/h2-10H,11H2,1H3/b8-7+. The summed E-state index contributed by atoms with van der Waals surface area (Å²) in [6.07, 6.45) is 6.82. The Morgan fingerprint density at radius 1 is 1.39 bits per heavy atom. The lowest BCUT2D eigenvalue weighted by molar-refractivity contribution is -0.134. The summed E-state index contributed by atoms with van der Waals surface area (Å²) in [5.41, 5.74) is 2.08. The molecule has 0 amide bonds. The van der Waals surface area contributed by atoms with Gasteiger partial charge in [-0.3, -0.25) is 4.68 Å². The molecule has 1 aromatic heterocycles. The molecule has 0 atom stereocenters. The molecule has 4 heteroatoms. The highest BCUT2D eigenvalue weighted by Gasteiger charge is 2.01. The summed E-state index contributed by atoms with van der Waals surface area (Å²) >= 11 is 0. The van der Waals surface area contributed by atoms with E-state index in [1.165, 1.54) is 13.2 Å². The van der Waals surface area contributed by atoms with E-state index >= 15 is 0 Å². The number of ether oxygens (including phenoxy) is 1. The second-order valence-corrected chi connectivity index (χ2v) is 3.76. The van der Waals surface area contributed by atoms with Crippen LogP contribution in [0.5, 0.6) is 0 Å². The number of hydrogen-bond donors (Lipinski definition) is 0. The van der Waals surface area contributed by atoms with Gasteiger partial charge in [-0.05, 0) is 23.3 Å². The maximum atomic E-state index is 11.1. The van der Waals surface area contributed by atoms with Crippen molar-refractivity contribution in [2.24, 2.45) is 0 Å². The van der Waals surface area contributed by atoms with E-state index in [0.717, 1.165) is 11.1 Å². The number of methoxy groups -OCH3 is 1. The molecule has 0 bridgehead atoms. The molecule has 0 aliphatic carbocycles. The Balaban J connectivity index is 2.20. The normalized spacial score (nSPS) is 10.7. The van der Waals surface area contributed by atoms with E-state index < -0.39 is 0 Å². The number of rotatable bonds is 4. The maximum absolute atomic E-state index is 11.1. The second-order valence-electron chi connectivity index (χ2n) is 3.76. The number of benzene rings is 1. The van der Waals surface area contributed by atoms with Crippen LogP contribution in [0.15, 0.2) is 48.8 Å². The summed E-state index contributed by atoms with van der Waals surface area (Å²) in [6, 6.07) is 9.75. The lowest BCUT2D eigenvalue weighted by Gasteiger charge is -2.06. The predicted molar refractivity (Wildman–Crippen MR) is 68.8 cm³/mol.